The van der Waals surface area contributed by atoms with Crippen LogP contribution >= 0.6 is 11.3 Å². The molecule has 9 heteroatoms. The molecule has 1 heterocycles. The summed E-state index contributed by atoms with van der Waals surface area (Å²) in [6.07, 6.45) is 0. The molecule has 2 N–H and O–H groups in total. The molecule has 146 valence electrons. The first-order valence-corrected chi connectivity index (χ1v) is 9.26. The van der Waals surface area contributed by atoms with E-state index in [1.807, 2.05) is 24.3 Å². The van der Waals surface area contributed by atoms with Gasteiger partial charge in [-0.1, -0.05) is 35.6 Å². The molecule has 1 atom stereocenters. The molecule has 2 aromatic carbocycles. The molecule has 0 saturated heterocycles. The van der Waals surface area contributed by atoms with Crippen LogP contribution in [-0.2, 0) is 4.79 Å². The zero-order chi connectivity index (χ0) is 20.1. The highest BCUT2D eigenvalue weighted by atomic mass is 32.1. The minimum Gasteiger partial charge on any atom is -0.434 e. The number of aromatic nitrogens is 1. The van der Waals surface area contributed by atoms with E-state index >= 15 is 0 Å². The van der Waals surface area contributed by atoms with Crippen LogP contribution in [0.1, 0.15) is 19.4 Å². The SMILES string of the molecule is C/C(=N/NC(=O)[C@H](C)Nc1nc2ccccc2s1)c1ccccc1OC(F)F. The number of anilines is 1. The second kappa shape index (κ2) is 8.75. The monoisotopic (exact) mass is 404 g/mol. The molecule has 0 aliphatic heterocycles. The molecule has 0 fully saturated rings. The zero-order valence-corrected chi connectivity index (χ0v) is 16.0. The van der Waals surface area contributed by atoms with E-state index in [0.29, 0.717) is 16.4 Å². The largest absolute Gasteiger partial charge is 0.434 e. The molecule has 0 unspecified atom stereocenters. The number of hydrazone groups is 1. The molecule has 0 bridgehead atoms. The number of hydrogen-bond acceptors (Lipinski definition) is 6. The summed E-state index contributed by atoms with van der Waals surface area (Å²) in [5, 5.41) is 7.66. The number of alkyl halides is 2. The van der Waals surface area contributed by atoms with Crippen LogP contribution in [0.2, 0.25) is 0 Å². The lowest BCUT2D eigenvalue weighted by Gasteiger charge is -2.12. The average Bonchev–Trinajstić information content (AvgIpc) is 3.08. The van der Waals surface area contributed by atoms with E-state index in [1.165, 1.54) is 17.4 Å². The smallest absolute Gasteiger partial charge is 0.387 e. The summed E-state index contributed by atoms with van der Waals surface area (Å²) < 4.78 is 30.5. The Morgan fingerprint density at radius 1 is 1.18 bits per heavy atom. The maximum absolute atomic E-state index is 12.5. The second-order valence-corrected chi connectivity index (χ2v) is 6.93. The number of benzene rings is 2. The van der Waals surface area contributed by atoms with Gasteiger partial charge in [-0.2, -0.15) is 13.9 Å². The van der Waals surface area contributed by atoms with Gasteiger partial charge in [-0.05, 0) is 38.1 Å². The molecule has 0 saturated carbocycles. The van der Waals surface area contributed by atoms with Gasteiger partial charge < -0.3 is 10.1 Å². The third-order valence-electron chi connectivity index (χ3n) is 3.85. The predicted molar refractivity (Wildman–Crippen MR) is 106 cm³/mol. The van der Waals surface area contributed by atoms with E-state index in [4.69, 9.17) is 0 Å². The number of nitrogens with zero attached hydrogens (tertiary/aromatic N) is 2. The molecule has 3 rings (SSSR count). The number of amides is 1. The fraction of sp³-hybridized carbons (Fsp3) is 0.211. The van der Waals surface area contributed by atoms with Gasteiger partial charge in [0.1, 0.15) is 11.8 Å². The van der Waals surface area contributed by atoms with Crippen molar-refractivity contribution in [1.82, 2.24) is 10.4 Å². The first kappa shape index (κ1) is 19.7. The van der Waals surface area contributed by atoms with Crippen molar-refractivity contribution in [2.75, 3.05) is 5.32 Å². The lowest BCUT2D eigenvalue weighted by atomic mass is 10.1. The van der Waals surface area contributed by atoms with Gasteiger partial charge in [-0.25, -0.2) is 10.4 Å². The van der Waals surface area contributed by atoms with Crippen LogP contribution in [0.3, 0.4) is 0 Å². The van der Waals surface area contributed by atoms with E-state index in [2.05, 4.69) is 25.6 Å². The van der Waals surface area contributed by atoms with Gasteiger partial charge in [0.2, 0.25) is 0 Å². The summed E-state index contributed by atoms with van der Waals surface area (Å²) in [6.45, 7) is 0.334. The number of carbonyl (C=O) groups is 1. The van der Waals surface area contributed by atoms with Crippen LogP contribution in [0.15, 0.2) is 53.6 Å². The summed E-state index contributed by atoms with van der Waals surface area (Å²) in [7, 11) is 0. The highest BCUT2D eigenvalue weighted by molar-refractivity contribution is 7.22. The highest BCUT2D eigenvalue weighted by Crippen LogP contribution is 2.26. The van der Waals surface area contributed by atoms with Crippen molar-refractivity contribution in [3.63, 3.8) is 0 Å². The Hall–Kier alpha value is -3.07. The maximum Gasteiger partial charge on any atom is 0.387 e. The predicted octanol–water partition coefficient (Wildman–Crippen LogP) is 4.24. The summed E-state index contributed by atoms with van der Waals surface area (Å²) in [5.74, 6) is -0.389. The maximum atomic E-state index is 12.5. The average molecular weight is 404 g/mol. The Bertz CT molecular complexity index is 973. The van der Waals surface area contributed by atoms with Crippen molar-refractivity contribution in [1.29, 1.82) is 0 Å². The van der Waals surface area contributed by atoms with E-state index in [1.54, 1.807) is 32.0 Å². The zero-order valence-electron chi connectivity index (χ0n) is 15.1. The van der Waals surface area contributed by atoms with Crippen LogP contribution in [0.5, 0.6) is 5.75 Å². The summed E-state index contributed by atoms with van der Waals surface area (Å²) >= 11 is 1.45. The van der Waals surface area contributed by atoms with E-state index in [9.17, 15) is 13.6 Å². The normalized spacial score (nSPS) is 12.8. The van der Waals surface area contributed by atoms with Crippen molar-refractivity contribution in [2.24, 2.45) is 5.10 Å². The van der Waals surface area contributed by atoms with Crippen molar-refractivity contribution in [3.05, 3.63) is 54.1 Å². The molecule has 1 amide bonds. The quantitative estimate of drug-likeness (QED) is 0.456. The molecule has 6 nitrogen and oxygen atoms in total. The third kappa shape index (κ3) is 4.80. The number of fused-ring (bicyclic) bond motifs is 1. The van der Waals surface area contributed by atoms with Gasteiger partial charge in [-0.15, -0.1) is 0 Å². The number of halogens is 2. The van der Waals surface area contributed by atoms with Crippen LogP contribution < -0.4 is 15.5 Å². The number of para-hydroxylation sites is 2. The van der Waals surface area contributed by atoms with Gasteiger partial charge in [0.15, 0.2) is 5.13 Å². The van der Waals surface area contributed by atoms with E-state index in [0.717, 1.165) is 10.2 Å². The summed E-state index contributed by atoms with van der Waals surface area (Å²) in [4.78, 5) is 16.7. The lowest BCUT2D eigenvalue weighted by molar-refractivity contribution is -0.121. The van der Waals surface area contributed by atoms with Crippen LogP contribution in [-0.4, -0.2) is 29.3 Å². The highest BCUT2D eigenvalue weighted by Gasteiger charge is 2.15. The molecular formula is C19H18F2N4O2S. The van der Waals surface area contributed by atoms with Crippen molar-refractivity contribution in [3.8, 4) is 5.75 Å². The lowest BCUT2D eigenvalue weighted by Crippen LogP contribution is -2.35. The first-order chi connectivity index (χ1) is 13.4. The molecule has 1 aromatic heterocycles. The number of rotatable bonds is 7. The first-order valence-electron chi connectivity index (χ1n) is 8.44. The standard InChI is InChI=1S/C19H18F2N4O2S/c1-11(13-7-3-5-9-15(13)27-18(20)21)24-25-17(26)12(2)22-19-23-14-8-4-6-10-16(14)28-19/h3-10,12,18H,1-2H3,(H,22,23)(H,25,26)/b24-11-/t12-/m0/s1. The summed E-state index contributed by atoms with van der Waals surface area (Å²) in [6, 6.07) is 13.3. The van der Waals surface area contributed by atoms with Crippen LogP contribution in [0.25, 0.3) is 10.2 Å². The number of thiazole rings is 1. The van der Waals surface area contributed by atoms with Crippen molar-refractivity contribution < 1.29 is 18.3 Å². The number of carbonyl (C=O) groups excluding carboxylic acids is 1. The van der Waals surface area contributed by atoms with Gasteiger partial charge in [0.05, 0.1) is 15.9 Å². The molecule has 28 heavy (non-hydrogen) atoms. The topological polar surface area (TPSA) is 75.6 Å². The minimum absolute atomic E-state index is 0.00588. The molecule has 3 aromatic rings. The number of ether oxygens (including phenoxy) is 1. The third-order valence-corrected chi connectivity index (χ3v) is 4.82. The Balaban J connectivity index is 1.65. The van der Waals surface area contributed by atoms with E-state index < -0.39 is 12.7 Å². The Morgan fingerprint density at radius 2 is 1.89 bits per heavy atom. The van der Waals surface area contributed by atoms with Crippen LogP contribution in [0, 0.1) is 0 Å². The van der Waals surface area contributed by atoms with Crippen LogP contribution in [0.4, 0.5) is 13.9 Å². The fourth-order valence-electron chi connectivity index (χ4n) is 2.44. The van der Waals surface area contributed by atoms with E-state index in [-0.39, 0.29) is 11.7 Å². The molecular weight excluding hydrogens is 386 g/mol. The minimum atomic E-state index is -2.94. The van der Waals surface area contributed by atoms with Gasteiger partial charge in [-0.3, -0.25) is 4.79 Å². The Morgan fingerprint density at radius 3 is 2.64 bits per heavy atom. The van der Waals surface area contributed by atoms with Gasteiger partial charge >= 0.3 is 6.61 Å². The Kier molecular flexibility index (Phi) is 6.15. The van der Waals surface area contributed by atoms with Crippen molar-refractivity contribution >= 4 is 38.3 Å². The summed E-state index contributed by atoms with van der Waals surface area (Å²) in [5.41, 5.74) is 4.00. The molecule has 0 spiro atoms. The van der Waals surface area contributed by atoms with Gasteiger partial charge in [0.25, 0.3) is 5.91 Å². The molecule has 0 aliphatic rings. The van der Waals surface area contributed by atoms with Gasteiger partial charge in [0, 0.05) is 5.56 Å². The second-order valence-electron chi connectivity index (χ2n) is 5.90. The molecule has 0 radical (unpaired) electrons. The Labute approximate surface area is 164 Å². The number of hydrogen-bond donors (Lipinski definition) is 2. The fourth-order valence-corrected chi connectivity index (χ4v) is 3.40. The molecule has 0 aliphatic carbocycles. The number of nitrogens with one attached hydrogen (secondary N) is 2. The van der Waals surface area contributed by atoms with Crippen molar-refractivity contribution in [2.45, 2.75) is 26.5 Å².